The molecule has 3 nitrogen and oxygen atoms in total. The smallest absolute Gasteiger partial charge is 0.350 e. The van der Waals surface area contributed by atoms with Crippen LogP contribution in [0.25, 0.3) is 0 Å². The number of carbonyl (C=O) groups excluding carboxylic acids is 1. The van der Waals surface area contributed by atoms with Gasteiger partial charge in [0.15, 0.2) is 0 Å². The molecule has 0 aliphatic carbocycles. The monoisotopic (exact) mass is 275 g/mol. The minimum Gasteiger partial charge on any atom is -0.454 e. The molecule has 4 heteroatoms. The molecule has 0 fully saturated rings. The lowest BCUT2D eigenvalue weighted by molar-refractivity contribution is 0.0343. The first-order valence-electron chi connectivity index (χ1n) is 6.41. The Morgan fingerprint density at radius 2 is 2.11 bits per heavy atom. The quantitative estimate of drug-likeness (QED) is 0.774. The number of nitrogens with zero attached hydrogens (tertiary/aromatic N) is 1. The average Bonchev–Trinajstić information content (AvgIpc) is 2.89. The average molecular weight is 275 g/mol. The molecule has 0 saturated heterocycles. The number of aromatic nitrogens is 1. The van der Waals surface area contributed by atoms with Crippen molar-refractivity contribution in [1.29, 1.82) is 0 Å². The normalized spacial score (nSPS) is 12.1. The minimum absolute atomic E-state index is 0.245. The molecule has 1 heterocycles. The van der Waals surface area contributed by atoms with Gasteiger partial charge >= 0.3 is 5.97 Å². The number of thiazole rings is 1. The topological polar surface area (TPSA) is 39.2 Å². The van der Waals surface area contributed by atoms with Crippen LogP contribution in [0.15, 0.2) is 36.5 Å². The van der Waals surface area contributed by atoms with Crippen molar-refractivity contribution in [2.45, 2.75) is 32.8 Å². The molecule has 2 aromatic rings. The summed E-state index contributed by atoms with van der Waals surface area (Å²) >= 11 is 1.42. The Morgan fingerprint density at radius 1 is 1.37 bits per heavy atom. The van der Waals surface area contributed by atoms with Gasteiger partial charge in [0.05, 0.1) is 11.2 Å². The maximum atomic E-state index is 12.0. The maximum absolute atomic E-state index is 12.0. The first-order chi connectivity index (χ1) is 9.20. The third kappa shape index (κ3) is 3.64. The lowest BCUT2D eigenvalue weighted by atomic mass is 10.1. The molecule has 0 N–H and O–H groups in total. The number of hydrogen-bond acceptors (Lipinski definition) is 4. The van der Waals surface area contributed by atoms with Crippen LogP contribution in [0.1, 0.15) is 46.6 Å². The van der Waals surface area contributed by atoms with E-state index in [0.29, 0.717) is 4.88 Å². The Bertz CT molecular complexity index is 536. The highest BCUT2D eigenvalue weighted by Gasteiger charge is 2.16. The molecular weight excluding hydrogens is 258 g/mol. The number of aryl methyl sites for hydroxylation is 1. The van der Waals surface area contributed by atoms with Gasteiger partial charge in [0.1, 0.15) is 11.0 Å². The van der Waals surface area contributed by atoms with E-state index < -0.39 is 0 Å². The van der Waals surface area contributed by atoms with E-state index >= 15 is 0 Å². The zero-order valence-electron chi connectivity index (χ0n) is 11.1. The first kappa shape index (κ1) is 13.7. The second kappa shape index (κ2) is 6.48. The lowest BCUT2D eigenvalue weighted by Crippen LogP contribution is -2.07. The number of benzene rings is 1. The second-order valence-corrected chi connectivity index (χ2v) is 5.44. The van der Waals surface area contributed by atoms with Crippen LogP contribution in [0.2, 0.25) is 0 Å². The van der Waals surface area contributed by atoms with Crippen LogP contribution in [0.3, 0.4) is 0 Å². The molecule has 0 radical (unpaired) electrons. The van der Waals surface area contributed by atoms with Crippen molar-refractivity contribution in [1.82, 2.24) is 4.98 Å². The number of hydrogen-bond donors (Lipinski definition) is 0. The third-order valence-electron chi connectivity index (χ3n) is 2.77. The molecule has 1 atom stereocenters. The van der Waals surface area contributed by atoms with Crippen LogP contribution in [0.4, 0.5) is 0 Å². The molecule has 0 aliphatic rings. The highest BCUT2D eigenvalue weighted by molar-refractivity contribution is 7.13. The minimum atomic E-state index is -0.295. The largest absolute Gasteiger partial charge is 0.454 e. The number of esters is 1. The highest BCUT2D eigenvalue weighted by Crippen LogP contribution is 2.21. The molecule has 1 aromatic carbocycles. The number of rotatable bonds is 5. The summed E-state index contributed by atoms with van der Waals surface area (Å²) in [6.07, 6.45) is 3.30. The summed E-state index contributed by atoms with van der Waals surface area (Å²) in [5.74, 6) is -0.295. The molecule has 100 valence electrons. The molecule has 1 aromatic heterocycles. The Labute approximate surface area is 117 Å². The molecule has 2 rings (SSSR count). The van der Waals surface area contributed by atoms with Crippen molar-refractivity contribution in [3.63, 3.8) is 0 Å². The SMILES string of the molecule is CCCc1ncc(C(=O)OC(C)c2ccccc2)s1. The summed E-state index contributed by atoms with van der Waals surface area (Å²) in [5.41, 5.74) is 0.995. The zero-order valence-corrected chi connectivity index (χ0v) is 11.9. The first-order valence-corrected chi connectivity index (χ1v) is 7.23. The summed E-state index contributed by atoms with van der Waals surface area (Å²) in [6.45, 7) is 3.97. The number of ether oxygens (including phenoxy) is 1. The highest BCUT2D eigenvalue weighted by atomic mass is 32.1. The predicted molar refractivity (Wildman–Crippen MR) is 76.4 cm³/mol. The van der Waals surface area contributed by atoms with Crippen LogP contribution in [-0.2, 0) is 11.2 Å². The van der Waals surface area contributed by atoms with Gasteiger partial charge in [-0.1, -0.05) is 37.3 Å². The Kier molecular flexibility index (Phi) is 4.68. The van der Waals surface area contributed by atoms with Crippen molar-refractivity contribution in [3.05, 3.63) is 52.0 Å². The van der Waals surface area contributed by atoms with Gasteiger partial charge in [-0.25, -0.2) is 9.78 Å². The van der Waals surface area contributed by atoms with E-state index in [9.17, 15) is 4.79 Å². The maximum Gasteiger partial charge on any atom is 0.350 e. The van der Waals surface area contributed by atoms with Gasteiger partial charge in [-0.05, 0) is 25.3 Å². The molecule has 19 heavy (non-hydrogen) atoms. The summed E-state index contributed by atoms with van der Waals surface area (Å²) in [6, 6.07) is 9.72. The van der Waals surface area contributed by atoms with E-state index in [-0.39, 0.29) is 12.1 Å². The van der Waals surface area contributed by atoms with Gasteiger partial charge in [-0.15, -0.1) is 11.3 Å². The van der Waals surface area contributed by atoms with Crippen LogP contribution in [0.5, 0.6) is 0 Å². The van der Waals surface area contributed by atoms with Gasteiger partial charge in [0.2, 0.25) is 0 Å². The van der Waals surface area contributed by atoms with E-state index in [1.54, 1.807) is 6.20 Å². The predicted octanol–water partition coefficient (Wildman–Crippen LogP) is 4.01. The summed E-state index contributed by atoms with van der Waals surface area (Å²) in [7, 11) is 0. The van der Waals surface area contributed by atoms with E-state index in [1.807, 2.05) is 37.3 Å². The molecular formula is C15H17NO2S. The van der Waals surface area contributed by atoms with Crippen LogP contribution < -0.4 is 0 Å². The summed E-state index contributed by atoms with van der Waals surface area (Å²) < 4.78 is 5.45. The van der Waals surface area contributed by atoms with E-state index in [2.05, 4.69) is 11.9 Å². The van der Waals surface area contributed by atoms with Crippen molar-refractivity contribution >= 4 is 17.3 Å². The van der Waals surface area contributed by atoms with E-state index in [0.717, 1.165) is 23.4 Å². The van der Waals surface area contributed by atoms with Gasteiger partial charge < -0.3 is 4.74 Å². The zero-order chi connectivity index (χ0) is 13.7. The van der Waals surface area contributed by atoms with E-state index in [1.165, 1.54) is 11.3 Å². The third-order valence-corrected chi connectivity index (χ3v) is 3.81. The standard InChI is InChI=1S/C15H17NO2S/c1-3-7-14-16-10-13(19-14)15(17)18-11(2)12-8-5-4-6-9-12/h4-6,8-11H,3,7H2,1-2H3. The summed E-state index contributed by atoms with van der Waals surface area (Å²) in [4.78, 5) is 16.8. The fraction of sp³-hybridized carbons (Fsp3) is 0.333. The van der Waals surface area contributed by atoms with Gasteiger partial charge in [0.25, 0.3) is 0 Å². The lowest BCUT2D eigenvalue weighted by Gasteiger charge is -2.12. The van der Waals surface area contributed by atoms with Crippen LogP contribution >= 0.6 is 11.3 Å². The summed E-state index contributed by atoms with van der Waals surface area (Å²) in [5, 5.41) is 0.988. The van der Waals surface area contributed by atoms with Crippen molar-refractivity contribution in [2.75, 3.05) is 0 Å². The molecule has 0 amide bonds. The van der Waals surface area contributed by atoms with Crippen molar-refractivity contribution in [2.24, 2.45) is 0 Å². The fourth-order valence-corrected chi connectivity index (χ4v) is 2.65. The molecule has 0 saturated carbocycles. The van der Waals surface area contributed by atoms with Gasteiger partial charge in [0, 0.05) is 0 Å². The molecule has 1 unspecified atom stereocenters. The Hall–Kier alpha value is -1.68. The van der Waals surface area contributed by atoms with Gasteiger partial charge in [-0.2, -0.15) is 0 Å². The second-order valence-electron chi connectivity index (χ2n) is 4.33. The molecule has 0 spiro atoms. The number of carbonyl (C=O) groups is 1. The van der Waals surface area contributed by atoms with E-state index in [4.69, 9.17) is 4.74 Å². The van der Waals surface area contributed by atoms with Gasteiger partial charge in [-0.3, -0.25) is 0 Å². The molecule has 0 bridgehead atoms. The Balaban J connectivity index is 2.00. The molecule has 0 aliphatic heterocycles. The van der Waals surface area contributed by atoms with Crippen molar-refractivity contribution in [3.8, 4) is 0 Å². The Morgan fingerprint density at radius 3 is 2.79 bits per heavy atom. The fourth-order valence-electron chi connectivity index (χ4n) is 1.74. The van der Waals surface area contributed by atoms with Crippen LogP contribution in [-0.4, -0.2) is 11.0 Å². The van der Waals surface area contributed by atoms with Crippen LogP contribution in [0, 0.1) is 0 Å². The van der Waals surface area contributed by atoms with Crippen molar-refractivity contribution < 1.29 is 9.53 Å².